The maximum atomic E-state index is 12.1. The first-order chi connectivity index (χ1) is 9.06. The molecule has 1 aromatic heterocycles. The number of pyridine rings is 1. The Bertz CT molecular complexity index is 588. The summed E-state index contributed by atoms with van der Waals surface area (Å²) < 4.78 is 28.4. The van der Waals surface area contributed by atoms with E-state index in [1.165, 1.54) is 12.3 Å². The molecule has 0 spiro atoms. The zero-order chi connectivity index (χ0) is 13.8. The first-order valence-corrected chi connectivity index (χ1v) is 5.31. The number of nitrogens with zero attached hydrogens (tertiary/aromatic N) is 1. The van der Waals surface area contributed by atoms with Crippen LogP contribution in [-0.4, -0.2) is 22.5 Å². The van der Waals surface area contributed by atoms with Crippen molar-refractivity contribution >= 4 is 5.78 Å². The van der Waals surface area contributed by atoms with Gasteiger partial charge in [-0.05, 0) is 24.3 Å². The van der Waals surface area contributed by atoms with Gasteiger partial charge in [0, 0.05) is 17.8 Å². The second-order valence-electron chi connectivity index (χ2n) is 3.64. The summed E-state index contributed by atoms with van der Waals surface area (Å²) in [5, 5.41) is 9.41. The van der Waals surface area contributed by atoms with E-state index in [4.69, 9.17) is 0 Å². The van der Waals surface area contributed by atoms with Gasteiger partial charge in [0.25, 0.3) is 0 Å². The van der Waals surface area contributed by atoms with Crippen LogP contribution in [0.2, 0.25) is 0 Å². The molecular formula is C13H9F2NO3. The Morgan fingerprint density at radius 1 is 1.26 bits per heavy atom. The molecule has 0 aliphatic rings. The molecule has 1 aromatic carbocycles. The van der Waals surface area contributed by atoms with Gasteiger partial charge in [-0.25, -0.2) is 0 Å². The molecule has 0 saturated carbocycles. The van der Waals surface area contributed by atoms with Gasteiger partial charge in [-0.3, -0.25) is 9.78 Å². The van der Waals surface area contributed by atoms with Crippen LogP contribution < -0.4 is 4.74 Å². The van der Waals surface area contributed by atoms with Gasteiger partial charge in [-0.1, -0.05) is 6.07 Å². The van der Waals surface area contributed by atoms with Gasteiger partial charge >= 0.3 is 6.61 Å². The van der Waals surface area contributed by atoms with Crippen LogP contribution in [0.15, 0.2) is 42.6 Å². The largest absolute Gasteiger partial charge is 0.508 e. The number of ether oxygens (including phenoxy) is 1. The third-order valence-corrected chi connectivity index (χ3v) is 2.28. The SMILES string of the molecule is O=C(c1cc(O)cc(OC(F)F)c1)c1ccccn1. The third kappa shape index (κ3) is 3.25. The van der Waals surface area contributed by atoms with Crippen molar-refractivity contribution in [3.63, 3.8) is 0 Å². The molecule has 4 nitrogen and oxygen atoms in total. The highest BCUT2D eigenvalue weighted by Gasteiger charge is 2.14. The molecule has 19 heavy (non-hydrogen) atoms. The Morgan fingerprint density at radius 3 is 2.68 bits per heavy atom. The standard InChI is InChI=1S/C13H9F2NO3/c14-13(15)19-10-6-8(5-9(17)7-10)12(18)11-3-1-2-4-16-11/h1-7,13,17H. The molecule has 1 heterocycles. The second-order valence-corrected chi connectivity index (χ2v) is 3.64. The molecule has 98 valence electrons. The monoisotopic (exact) mass is 265 g/mol. The number of phenolic OH excluding ortho intramolecular Hbond substituents is 1. The highest BCUT2D eigenvalue weighted by atomic mass is 19.3. The summed E-state index contributed by atoms with van der Waals surface area (Å²) in [5.74, 6) is -1.11. The van der Waals surface area contributed by atoms with E-state index in [1.807, 2.05) is 0 Å². The molecule has 6 heteroatoms. The smallest absolute Gasteiger partial charge is 0.387 e. The van der Waals surface area contributed by atoms with Crippen molar-refractivity contribution in [2.45, 2.75) is 6.61 Å². The molecule has 0 aliphatic carbocycles. The fraction of sp³-hybridized carbons (Fsp3) is 0.0769. The fourth-order valence-corrected chi connectivity index (χ4v) is 1.53. The minimum atomic E-state index is -3.03. The van der Waals surface area contributed by atoms with Crippen molar-refractivity contribution < 1.29 is 23.4 Å². The average Bonchev–Trinajstić information content (AvgIpc) is 2.37. The number of phenols is 1. The molecule has 2 aromatic rings. The molecule has 0 fully saturated rings. The number of hydrogen-bond acceptors (Lipinski definition) is 4. The van der Waals surface area contributed by atoms with Crippen LogP contribution >= 0.6 is 0 Å². The van der Waals surface area contributed by atoms with Gasteiger partial charge in [0.2, 0.25) is 5.78 Å². The highest BCUT2D eigenvalue weighted by molar-refractivity contribution is 6.08. The lowest BCUT2D eigenvalue weighted by Gasteiger charge is -2.07. The first kappa shape index (κ1) is 12.9. The van der Waals surface area contributed by atoms with Gasteiger partial charge in [-0.15, -0.1) is 0 Å². The van der Waals surface area contributed by atoms with Gasteiger partial charge in [0.05, 0.1) is 0 Å². The Labute approximate surface area is 107 Å². The van der Waals surface area contributed by atoms with Gasteiger partial charge in [0.1, 0.15) is 17.2 Å². The number of benzene rings is 1. The highest BCUT2D eigenvalue weighted by Crippen LogP contribution is 2.24. The topological polar surface area (TPSA) is 59.4 Å². The van der Waals surface area contributed by atoms with Gasteiger partial charge in [-0.2, -0.15) is 8.78 Å². The number of carbonyl (C=O) groups is 1. The molecule has 0 amide bonds. The normalized spacial score (nSPS) is 10.5. The summed E-state index contributed by atoms with van der Waals surface area (Å²) >= 11 is 0. The molecule has 0 unspecified atom stereocenters. The molecule has 0 atom stereocenters. The molecule has 0 bridgehead atoms. The summed E-state index contributed by atoms with van der Waals surface area (Å²) in [6, 6.07) is 8.05. The Hall–Kier alpha value is -2.50. The van der Waals surface area contributed by atoms with E-state index in [0.29, 0.717) is 0 Å². The van der Waals surface area contributed by atoms with Crippen LogP contribution in [0.25, 0.3) is 0 Å². The Kier molecular flexibility index (Phi) is 3.70. The molecule has 2 rings (SSSR count). The van der Waals surface area contributed by atoms with E-state index in [1.54, 1.807) is 12.1 Å². The van der Waals surface area contributed by atoms with Crippen LogP contribution in [0.4, 0.5) is 8.78 Å². The number of aromatic hydroxyl groups is 1. The lowest BCUT2D eigenvalue weighted by molar-refractivity contribution is -0.0499. The van der Waals surface area contributed by atoms with Gasteiger partial charge < -0.3 is 9.84 Å². The lowest BCUT2D eigenvalue weighted by atomic mass is 10.1. The minimum Gasteiger partial charge on any atom is -0.508 e. The second kappa shape index (κ2) is 5.43. The van der Waals surface area contributed by atoms with E-state index >= 15 is 0 Å². The van der Waals surface area contributed by atoms with Crippen molar-refractivity contribution in [2.75, 3.05) is 0 Å². The zero-order valence-corrected chi connectivity index (χ0v) is 9.59. The number of ketones is 1. The Morgan fingerprint density at radius 2 is 2.05 bits per heavy atom. The molecule has 0 aliphatic heterocycles. The third-order valence-electron chi connectivity index (χ3n) is 2.28. The van der Waals surface area contributed by atoms with E-state index < -0.39 is 12.4 Å². The Balaban J connectivity index is 2.34. The number of hydrogen-bond donors (Lipinski definition) is 1. The van der Waals surface area contributed by atoms with Gasteiger partial charge in [0.15, 0.2) is 0 Å². The summed E-state index contributed by atoms with van der Waals surface area (Å²) in [5.41, 5.74) is 0.172. The van der Waals surface area contributed by atoms with Crippen molar-refractivity contribution in [3.05, 3.63) is 53.9 Å². The summed E-state index contributed by atoms with van der Waals surface area (Å²) in [4.78, 5) is 15.9. The number of alkyl halides is 2. The van der Waals surface area contributed by atoms with Crippen LogP contribution in [-0.2, 0) is 0 Å². The number of rotatable bonds is 4. The van der Waals surface area contributed by atoms with Crippen LogP contribution in [0.3, 0.4) is 0 Å². The fourth-order valence-electron chi connectivity index (χ4n) is 1.53. The van der Waals surface area contributed by atoms with E-state index in [-0.39, 0.29) is 22.8 Å². The summed E-state index contributed by atoms with van der Waals surface area (Å²) in [6.07, 6.45) is 1.44. The summed E-state index contributed by atoms with van der Waals surface area (Å²) in [6.45, 7) is -3.03. The summed E-state index contributed by atoms with van der Waals surface area (Å²) in [7, 11) is 0. The maximum absolute atomic E-state index is 12.1. The van der Waals surface area contributed by atoms with Crippen LogP contribution in [0, 0.1) is 0 Å². The molecule has 0 saturated heterocycles. The quantitative estimate of drug-likeness (QED) is 0.863. The number of carbonyl (C=O) groups excluding carboxylic acids is 1. The average molecular weight is 265 g/mol. The van der Waals surface area contributed by atoms with Crippen molar-refractivity contribution in [1.29, 1.82) is 0 Å². The van der Waals surface area contributed by atoms with Crippen molar-refractivity contribution in [2.24, 2.45) is 0 Å². The lowest BCUT2D eigenvalue weighted by Crippen LogP contribution is -2.06. The predicted octanol–water partition coefficient (Wildman–Crippen LogP) is 2.62. The minimum absolute atomic E-state index is 0.0225. The molecular weight excluding hydrogens is 256 g/mol. The zero-order valence-electron chi connectivity index (χ0n) is 9.59. The van der Waals surface area contributed by atoms with E-state index in [0.717, 1.165) is 18.2 Å². The number of halogens is 2. The van der Waals surface area contributed by atoms with Crippen LogP contribution in [0.5, 0.6) is 11.5 Å². The van der Waals surface area contributed by atoms with Crippen molar-refractivity contribution in [3.8, 4) is 11.5 Å². The maximum Gasteiger partial charge on any atom is 0.387 e. The van der Waals surface area contributed by atoms with Crippen molar-refractivity contribution in [1.82, 2.24) is 4.98 Å². The molecule has 1 N–H and O–H groups in total. The first-order valence-electron chi connectivity index (χ1n) is 5.31. The predicted molar refractivity (Wildman–Crippen MR) is 62.4 cm³/mol. The van der Waals surface area contributed by atoms with E-state index in [9.17, 15) is 18.7 Å². The molecule has 0 radical (unpaired) electrons. The van der Waals surface area contributed by atoms with E-state index in [2.05, 4.69) is 9.72 Å². The number of aromatic nitrogens is 1. The van der Waals surface area contributed by atoms with Crippen LogP contribution in [0.1, 0.15) is 16.1 Å².